The zero-order chi connectivity index (χ0) is 10.7. The van der Waals surface area contributed by atoms with Gasteiger partial charge < -0.3 is 5.73 Å². The van der Waals surface area contributed by atoms with Crippen molar-refractivity contribution < 1.29 is 0 Å². The Morgan fingerprint density at radius 2 is 1.67 bits per heavy atom. The van der Waals surface area contributed by atoms with Crippen LogP contribution in [0.3, 0.4) is 0 Å². The molecule has 0 bridgehead atoms. The minimum Gasteiger partial charge on any atom is -0.326 e. The van der Waals surface area contributed by atoms with Gasteiger partial charge in [-0.15, -0.1) is 0 Å². The van der Waals surface area contributed by atoms with Crippen molar-refractivity contribution in [2.75, 3.05) is 0 Å². The van der Waals surface area contributed by atoms with Gasteiger partial charge in [0, 0.05) is 6.54 Å². The van der Waals surface area contributed by atoms with Gasteiger partial charge >= 0.3 is 0 Å². The molecule has 0 fully saturated rings. The molecule has 76 valence electrons. The van der Waals surface area contributed by atoms with E-state index in [1.165, 1.54) is 22.3 Å². The average Bonchev–Trinajstić information content (AvgIpc) is 2.31. The Morgan fingerprint density at radius 1 is 0.933 bits per heavy atom. The topological polar surface area (TPSA) is 26.0 Å². The number of benzene rings is 2. The van der Waals surface area contributed by atoms with Crippen LogP contribution in [0.25, 0.3) is 11.1 Å². The van der Waals surface area contributed by atoms with Crippen LogP contribution in [0.4, 0.5) is 0 Å². The molecule has 0 aliphatic heterocycles. The summed E-state index contributed by atoms with van der Waals surface area (Å²) in [5, 5.41) is 0. The van der Waals surface area contributed by atoms with Gasteiger partial charge in [-0.25, -0.2) is 0 Å². The van der Waals surface area contributed by atoms with Crippen LogP contribution in [0.2, 0.25) is 0 Å². The van der Waals surface area contributed by atoms with Gasteiger partial charge in [0.05, 0.1) is 0 Å². The van der Waals surface area contributed by atoms with Gasteiger partial charge in [0.25, 0.3) is 0 Å². The zero-order valence-electron chi connectivity index (χ0n) is 8.90. The Labute approximate surface area is 90.6 Å². The Balaban J connectivity index is 2.46. The summed E-state index contributed by atoms with van der Waals surface area (Å²) in [5.41, 5.74) is 10.7. The van der Waals surface area contributed by atoms with Crippen molar-refractivity contribution in [1.29, 1.82) is 0 Å². The van der Waals surface area contributed by atoms with E-state index in [-0.39, 0.29) is 0 Å². The second-order valence-corrected chi connectivity index (χ2v) is 3.71. The van der Waals surface area contributed by atoms with E-state index in [1.807, 2.05) is 6.07 Å². The van der Waals surface area contributed by atoms with Crippen LogP contribution in [0.5, 0.6) is 0 Å². The Bertz CT molecular complexity index is 446. The fourth-order valence-corrected chi connectivity index (χ4v) is 1.70. The first kappa shape index (κ1) is 9.94. The summed E-state index contributed by atoms with van der Waals surface area (Å²) in [4.78, 5) is 0. The van der Waals surface area contributed by atoms with Crippen molar-refractivity contribution in [3.05, 3.63) is 59.7 Å². The Morgan fingerprint density at radius 3 is 2.33 bits per heavy atom. The molecule has 0 aliphatic carbocycles. The Kier molecular flexibility index (Phi) is 2.84. The Hall–Kier alpha value is -1.60. The van der Waals surface area contributed by atoms with E-state index in [0.29, 0.717) is 6.54 Å². The molecule has 0 saturated heterocycles. The lowest BCUT2D eigenvalue weighted by atomic mass is 10.00. The van der Waals surface area contributed by atoms with E-state index >= 15 is 0 Å². The van der Waals surface area contributed by atoms with Crippen LogP contribution in [0.15, 0.2) is 48.5 Å². The lowest BCUT2D eigenvalue weighted by molar-refractivity contribution is 1.05. The summed E-state index contributed by atoms with van der Waals surface area (Å²) in [5.74, 6) is 0. The molecule has 0 heterocycles. The molecule has 0 amide bonds. The lowest BCUT2D eigenvalue weighted by Crippen LogP contribution is -1.99. The minimum atomic E-state index is 0.604. The summed E-state index contributed by atoms with van der Waals surface area (Å²) in [6, 6.07) is 16.8. The molecule has 1 heteroatoms. The van der Waals surface area contributed by atoms with Crippen LogP contribution in [0.1, 0.15) is 11.1 Å². The largest absolute Gasteiger partial charge is 0.326 e. The van der Waals surface area contributed by atoms with Crippen molar-refractivity contribution in [2.45, 2.75) is 13.5 Å². The van der Waals surface area contributed by atoms with E-state index in [9.17, 15) is 0 Å². The maximum atomic E-state index is 5.70. The smallest absolute Gasteiger partial charge is 0.0180 e. The lowest BCUT2D eigenvalue weighted by Gasteiger charge is -2.07. The van der Waals surface area contributed by atoms with Crippen LogP contribution < -0.4 is 5.73 Å². The number of aryl methyl sites for hydroxylation is 1. The third-order valence-corrected chi connectivity index (χ3v) is 2.68. The quantitative estimate of drug-likeness (QED) is 0.786. The van der Waals surface area contributed by atoms with Gasteiger partial charge in [-0.2, -0.15) is 0 Å². The van der Waals surface area contributed by atoms with Gasteiger partial charge in [0.1, 0.15) is 0 Å². The van der Waals surface area contributed by atoms with Gasteiger partial charge in [0.2, 0.25) is 0 Å². The third kappa shape index (κ3) is 2.08. The molecular formula is C14H15N. The van der Waals surface area contributed by atoms with E-state index < -0.39 is 0 Å². The van der Waals surface area contributed by atoms with Gasteiger partial charge in [0.15, 0.2) is 0 Å². The molecule has 0 aliphatic rings. The maximum Gasteiger partial charge on any atom is 0.0180 e. The van der Waals surface area contributed by atoms with Gasteiger partial charge in [-0.05, 0) is 35.2 Å². The SMILES string of the molecule is Cc1ccc(-c2ccccc2)cc1CN. The second kappa shape index (κ2) is 4.28. The van der Waals surface area contributed by atoms with E-state index in [1.54, 1.807) is 0 Å². The zero-order valence-corrected chi connectivity index (χ0v) is 8.90. The average molecular weight is 197 g/mol. The summed E-state index contributed by atoms with van der Waals surface area (Å²) in [6.45, 7) is 2.70. The first-order chi connectivity index (χ1) is 7.31. The summed E-state index contributed by atoms with van der Waals surface area (Å²) < 4.78 is 0. The monoisotopic (exact) mass is 197 g/mol. The molecular weight excluding hydrogens is 182 g/mol. The second-order valence-electron chi connectivity index (χ2n) is 3.71. The molecule has 0 radical (unpaired) electrons. The molecule has 2 aromatic rings. The van der Waals surface area contributed by atoms with Crippen LogP contribution in [0, 0.1) is 6.92 Å². The fraction of sp³-hybridized carbons (Fsp3) is 0.143. The number of rotatable bonds is 2. The first-order valence-electron chi connectivity index (χ1n) is 5.16. The highest BCUT2D eigenvalue weighted by atomic mass is 14.5. The number of hydrogen-bond donors (Lipinski definition) is 1. The van der Waals surface area contributed by atoms with Crippen molar-refractivity contribution in [1.82, 2.24) is 0 Å². The van der Waals surface area contributed by atoms with Gasteiger partial charge in [-0.1, -0.05) is 42.5 Å². The molecule has 0 atom stereocenters. The highest BCUT2D eigenvalue weighted by molar-refractivity contribution is 5.64. The molecule has 0 unspecified atom stereocenters. The van der Waals surface area contributed by atoms with Crippen molar-refractivity contribution in [3.63, 3.8) is 0 Å². The van der Waals surface area contributed by atoms with Crippen molar-refractivity contribution >= 4 is 0 Å². The summed E-state index contributed by atoms with van der Waals surface area (Å²) >= 11 is 0. The summed E-state index contributed by atoms with van der Waals surface area (Å²) in [6.07, 6.45) is 0. The highest BCUT2D eigenvalue weighted by Crippen LogP contribution is 2.21. The molecule has 2 rings (SSSR count). The maximum absolute atomic E-state index is 5.70. The minimum absolute atomic E-state index is 0.604. The van der Waals surface area contributed by atoms with Crippen LogP contribution >= 0.6 is 0 Å². The molecule has 0 saturated carbocycles. The number of nitrogens with two attached hydrogens (primary N) is 1. The van der Waals surface area contributed by atoms with E-state index in [4.69, 9.17) is 5.73 Å². The van der Waals surface area contributed by atoms with Crippen molar-refractivity contribution in [2.24, 2.45) is 5.73 Å². The van der Waals surface area contributed by atoms with Gasteiger partial charge in [-0.3, -0.25) is 0 Å². The predicted molar refractivity (Wildman–Crippen MR) is 64.5 cm³/mol. The third-order valence-electron chi connectivity index (χ3n) is 2.68. The van der Waals surface area contributed by atoms with Crippen LogP contribution in [-0.2, 0) is 6.54 Å². The fourth-order valence-electron chi connectivity index (χ4n) is 1.70. The molecule has 0 aromatic heterocycles. The number of hydrogen-bond acceptors (Lipinski definition) is 1. The molecule has 1 nitrogen and oxygen atoms in total. The van der Waals surface area contributed by atoms with Crippen LogP contribution in [-0.4, -0.2) is 0 Å². The highest BCUT2D eigenvalue weighted by Gasteiger charge is 2.00. The van der Waals surface area contributed by atoms with E-state index in [0.717, 1.165) is 0 Å². The molecule has 2 N–H and O–H groups in total. The van der Waals surface area contributed by atoms with E-state index in [2.05, 4.69) is 49.4 Å². The van der Waals surface area contributed by atoms with Crippen molar-refractivity contribution in [3.8, 4) is 11.1 Å². The summed E-state index contributed by atoms with van der Waals surface area (Å²) in [7, 11) is 0. The molecule has 0 spiro atoms. The molecule has 2 aromatic carbocycles. The standard InChI is InChI=1S/C14H15N/c1-11-7-8-13(9-14(11)10-15)12-5-3-2-4-6-12/h2-9H,10,15H2,1H3. The first-order valence-corrected chi connectivity index (χ1v) is 5.16. The predicted octanol–water partition coefficient (Wildman–Crippen LogP) is 3.12. The normalized spacial score (nSPS) is 10.3. The molecule has 15 heavy (non-hydrogen) atoms.